The quantitative estimate of drug-likeness (QED) is 0.908. The van der Waals surface area contributed by atoms with Gasteiger partial charge >= 0.3 is 0 Å². The van der Waals surface area contributed by atoms with Crippen molar-refractivity contribution < 1.29 is 0 Å². The predicted octanol–water partition coefficient (Wildman–Crippen LogP) is 3.85. The molecule has 0 radical (unpaired) electrons. The zero-order chi connectivity index (χ0) is 14.9. The van der Waals surface area contributed by atoms with Gasteiger partial charge in [-0.05, 0) is 63.0 Å². The topological polar surface area (TPSA) is 43.8 Å². The van der Waals surface area contributed by atoms with E-state index < -0.39 is 0 Å². The van der Waals surface area contributed by atoms with Crippen molar-refractivity contribution in [3.05, 3.63) is 17.5 Å². The van der Waals surface area contributed by atoms with Gasteiger partial charge in [0.1, 0.15) is 0 Å². The van der Waals surface area contributed by atoms with E-state index in [4.69, 9.17) is 10.8 Å². The molecule has 1 fully saturated rings. The molecular weight excluding hydrogens is 246 g/mol. The fraction of sp³-hybridized carbons (Fsp3) is 0.824. The minimum absolute atomic E-state index is 0.425. The summed E-state index contributed by atoms with van der Waals surface area (Å²) in [5, 5.41) is 4.74. The first-order chi connectivity index (χ1) is 9.39. The van der Waals surface area contributed by atoms with Crippen LogP contribution in [0.25, 0.3) is 0 Å². The van der Waals surface area contributed by atoms with Crippen molar-refractivity contribution >= 4 is 0 Å². The Hall–Kier alpha value is -0.830. The molecule has 2 rings (SSSR count). The lowest BCUT2D eigenvalue weighted by Gasteiger charge is -2.43. The smallest absolute Gasteiger partial charge is 0.0596 e. The molecule has 3 atom stereocenters. The van der Waals surface area contributed by atoms with Gasteiger partial charge in [0, 0.05) is 5.69 Å². The maximum Gasteiger partial charge on any atom is 0.0596 e. The van der Waals surface area contributed by atoms with Gasteiger partial charge in [0.05, 0.1) is 11.7 Å². The number of rotatable bonds is 4. The summed E-state index contributed by atoms with van der Waals surface area (Å²) in [5.41, 5.74) is 8.86. The maximum atomic E-state index is 6.03. The number of hydrogen-bond donors (Lipinski definition) is 1. The zero-order valence-corrected chi connectivity index (χ0v) is 13.8. The van der Waals surface area contributed by atoms with Crippen LogP contribution in [0.4, 0.5) is 0 Å². The van der Waals surface area contributed by atoms with Gasteiger partial charge in [-0.25, -0.2) is 0 Å². The van der Waals surface area contributed by atoms with Crippen LogP contribution in [-0.4, -0.2) is 16.3 Å². The Kier molecular flexibility index (Phi) is 4.58. The molecule has 3 nitrogen and oxygen atoms in total. The number of nitrogens with two attached hydrogens (primary N) is 1. The van der Waals surface area contributed by atoms with Crippen LogP contribution in [0.5, 0.6) is 0 Å². The van der Waals surface area contributed by atoms with Crippen LogP contribution in [0.2, 0.25) is 0 Å². The minimum Gasteiger partial charge on any atom is -0.330 e. The van der Waals surface area contributed by atoms with E-state index in [0.29, 0.717) is 17.4 Å². The fourth-order valence-electron chi connectivity index (χ4n) is 3.76. The van der Waals surface area contributed by atoms with Crippen molar-refractivity contribution in [2.75, 3.05) is 6.54 Å². The summed E-state index contributed by atoms with van der Waals surface area (Å²) in [4.78, 5) is 0. The molecular formula is C17H31N3. The third kappa shape index (κ3) is 2.93. The van der Waals surface area contributed by atoms with Gasteiger partial charge in [0.2, 0.25) is 0 Å². The van der Waals surface area contributed by atoms with E-state index in [0.717, 1.165) is 18.2 Å². The highest BCUT2D eigenvalue weighted by molar-refractivity contribution is 5.09. The summed E-state index contributed by atoms with van der Waals surface area (Å²) < 4.78 is 2.25. The molecule has 3 unspecified atom stereocenters. The van der Waals surface area contributed by atoms with Gasteiger partial charge in [-0.1, -0.05) is 27.2 Å². The van der Waals surface area contributed by atoms with E-state index in [1.807, 2.05) is 0 Å². The Morgan fingerprint density at radius 3 is 2.55 bits per heavy atom. The summed E-state index contributed by atoms with van der Waals surface area (Å²) in [6.45, 7) is 12.2. The summed E-state index contributed by atoms with van der Waals surface area (Å²) >= 11 is 0. The highest BCUT2D eigenvalue weighted by Crippen LogP contribution is 2.46. The molecule has 1 aromatic rings. The second-order valence-corrected chi connectivity index (χ2v) is 7.29. The molecule has 2 N–H and O–H groups in total. The van der Waals surface area contributed by atoms with Crippen molar-refractivity contribution in [2.24, 2.45) is 23.0 Å². The first-order valence-electron chi connectivity index (χ1n) is 8.11. The molecule has 0 aliphatic heterocycles. The molecule has 3 heteroatoms. The zero-order valence-electron chi connectivity index (χ0n) is 13.8. The molecule has 0 amide bonds. The highest BCUT2D eigenvalue weighted by atomic mass is 15.3. The Bertz CT molecular complexity index is 447. The Morgan fingerprint density at radius 2 is 2.05 bits per heavy atom. The Morgan fingerprint density at radius 1 is 1.35 bits per heavy atom. The molecule has 0 aromatic carbocycles. The van der Waals surface area contributed by atoms with E-state index in [1.54, 1.807) is 0 Å². The average Bonchev–Trinajstić information content (AvgIpc) is 2.76. The SMILES string of the molecule is CCC(C)(C)C1CCC(CN)C(n2nc(C)cc2C)C1. The third-order valence-electron chi connectivity index (χ3n) is 5.63. The lowest BCUT2D eigenvalue weighted by Crippen LogP contribution is -2.37. The van der Waals surface area contributed by atoms with Crippen molar-refractivity contribution in [3.63, 3.8) is 0 Å². The molecule has 0 spiro atoms. The van der Waals surface area contributed by atoms with E-state index in [9.17, 15) is 0 Å². The van der Waals surface area contributed by atoms with Crippen LogP contribution in [0.3, 0.4) is 0 Å². The highest BCUT2D eigenvalue weighted by Gasteiger charge is 2.38. The normalized spacial score (nSPS) is 27.8. The molecule has 1 heterocycles. The number of nitrogens with zero attached hydrogens (tertiary/aromatic N) is 2. The average molecular weight is 277 g/mol. The largest absolute Gasteiger partial charge is 0.330 e. The van der Waals surface area contributed by atoms with E-state index >= 15 is 0 Å². The van der Waals surface area contributed by atoms with Gasteiger partial charge in [-0.2, -0.15) is 5.10 Å². The van der Waals surface area contributed by atoms with Gasteiger partial charge in [0.15, 0.2) is 0 Å². The Balaban J connectivity index is 2.25. The first-order valence-corrected chi connectivity index (χ1v) is 8.11. The standard InChI is InChI=1S/C17H31N3/c1-6-17(4,5)15-8-7-14(11-18)16(10-15)20-13(3)9-12(2)19-20/h9,14-16H,6-8,10-11,18H2,1-5H3. The minimum atomic E-state index is 0.425. The third-order valence-corrected chi connectivity index (χ3v) is 5.63. The fourth-order valence-corrected chi connectivity index (χ4v) is 3.76. The second kappa shape index (κ2) is 5.88. The van der Waals surface area contributed by atoms with Gasteiger partial charge < -0.3 is 5.73 Å². The second-order valence-electron chi connectivity index (χ2n) is 7.29. The molecule has 1 aliphatic carbocycles. The number of hydrogen-bond acceptors (Lipinski definition) is 2. The van der Waals surface area contributed by atoms with Gasteiger partial charge in [-0.3, -0.25) is 4.68 Å². The van der Waals surface area contributed by atoms with E-state index in [2.05, 4.69) is 45.4 Å². The van der Waals surface area contributed by atoms with Gasteiger partial charge in [0.25, 0.3) is 0 Å². The van der Waals surface area contributed by atoms with Crippen LogP contribution >= 0.6 is 0 Å². The molecule has 114 valence electrons. The van der Waals surface area contributed by atoms with Gasteiger partial charge in [-0.15, -0.1) is 0 Å². The van der Waals surface area contributed by atoms with Crippen LogP contribution in [0.1, 0.15) is 63.9 Å². The molecule has 1 saturated carbocycles. The monoisotopic (exact) mass is 277 g/mol. The van der Waals surface area contributed by atoms with Crippen molar-refractivity contribution in [1.29, 1.82) is 0 Å². The van der Waals surface area contributed by atoms with E-state index in [-0.39, 0.29) is 0 Å². The summed E-state index contributed by atoms with van der Waals surface area (Å²) in [5.74, 6) is 1.36. The van der Waals surface area contributed by atoms with Crippen LogP contribution in [0, 0.1) is 31.1 Å². The first kappa shape index (κ1) is 15.6. The van der Waals surface area contributed by atoms with Crippen molar-refractivity contribution in [3.8, 4) is 0 Å². The molecule has 1 aliphatic rings. The van der Waals surface area contributed by atoms with Crippen molar-refractivity contribution in [2.45, 2.75) is 66.3 Å². The van der Waals surface area contributed by atoms with Crippen LogP contribution in [0.15, 0.2) is 6.07 Å². The molecule has 0 saturated heterocycles. The summed E-state index contributed by atoms with van der Waals surface area (Å²) in [6.07, 6.45) is 5.03. The Labute approximate surface area is 123 Å². The lowest BCUT2D eigenvalue weighted by molar-refractivity contribution is 0.0840. The maximum absolute atomic E-state index is 6.03. The number of aryl methyl sites for hydroxylation is 2. The van der Waals surface area contributed by atoms with E-state index in [1.165, 1.54) is 31.4 Å². The molecule has 20 heavy (non-hydrogen) atoms. The van der Waals surface area contributed by atoms with Crippen LogP contribution in [-0.2, 0) is 0 Å². The lowest BCUT2D eigenvalue weighted by atomic mass is 9.66. The summed E-state index contributed by atoms with van der Waals surface area (Å²) in [6, 6.07) is 2.67. The van der Waals surface area contributed by atoms with Crippen LogP contribution < -0.4 is 5.73 Å². The van der Waals surface area contributed by atoms with Crippen molar-refractivity contribution in [1.82, 2.24) is 9.78 Å². The molecule has 1 aromatic heterocycles. The molecule has 0 bridgehead atoms. The summed E-state index contributed by atoms with van der Waals surface area (Å²) in [7, 11) is 0. The predicted molar refractivity (Wildman–Crippen MR) is 84.7 cm³/mol. The number of aromatic nitrogens is 2.